The molecule has 2 amide bonds. The van der Waals surface area contributed by atoms with Gasteiger partial charge in [0.05, 0.1) is 32.8 Å². The zero-order valence-electron chi connectivity index (χ0n) is 28.7. The fraction of sp³-hybridized carbons (Fsp3) is 0.459. The zero-order valence-corrected chi connectivity index (χ0v) is 30.2. The molecule has 0 saturated heterocycles. The van der Waals surface area contributed by atoms with Crippen LogP contribution in [0.5, 0.6) is 0 Å². The Morgan fingerprint density at radius 3 is 1.80 bits per heavy atom. The van der Waals surface area contributed by atoms with E-state index in [-0.39, 0.29) is 11.8 Å². The number of hydrogen-bond donors (Lipinski definition) is 2. The summed E-state index contributed by atoms with van der Waals surface area (Å²) in [6, 6.07) is 11.4. The van der Waals surface area contributed by atoms with Crippen molar-refractivity contribution in [1.29, 1.82) is 0 Å². The molecular weight excluding hydrogens is 659 g/mol. The summed E-state index contributed by atoms with van der Waals surface area (Å²) in [5.74, 6) is 0.913. The molecule has 2 aromatic carbocycles. The van der Waals surface area contributed by atoms with Gasteiger partial charge in [-0.15, -0.1) is 0 Å². The average Bonchev–Trinajstić information content (AvgIpc) is 3.62. The van der Waals surface area contributed by atoms with Crippen LogP contribution >= 0.6 is 23.2 Å². The van der Waals surface area contributed by atoms with Crippen LogP contribution in [-0.4, -0.2) is 66.9 Å². The Morgan fingerprint density at radius 2 is 1.27 bits per heavy atom. The quantitative estimate of drug-likeness (QED) is 0.216. The standard InChI is InChI=1S/C37H44Cl2N8O2/c1-5-22-12-14-23(15-13-22)47-19-17-31-29(21-47)41-35(46(31)4)37(49)43-27-11-7-9-25(33(27)39)24-8-6-10-26(32(24)38)42-36(48)34-40-28-20-44(2)18-16-30(28)45(34)3/h6-11,22-23H,5,12-21H2,1-4H3,(H,42,48)(H,43,49). The molecule has 2 aromatic heterocycles. The van der Waals surface area contributed by atoms with Gasteiger partial charge in [0.15, 0.2) is 11.6 Å². The predicted octanol–water partition coefficient (Wildman–Crippen LogP) is 6.95. The lowest BCUT2D eigenvalue weighted by Crippen LogP contribution is -2.41. The maximum absolute atomic E-state index is 13.6. The first-order chi connectivity index (χ1) is 23.6. The molecule has 4 aromatic rings. The van der Waals surface area contributed by atoms with Gasteiger partial charge in [-0.2, -0.15) is 0 Å². The monoisotopic (exact) mass is 702 g/mol. The molecule has 0 bridgehead atoms. The van der Waals surface area contributed by atoms with Crippen LogP contribution in [0.4, 0.5) is 11.4 Å². The van der Waals surface area contributed by atoms with Gasteiger partial charge in [-0.05, 0) is 50.8 Å². The molecule has 10 nitrogen and oxygen atoms in total. The lowest BCUT2D eigenvalue weighted by Gasteiger charge is -2.38. The smallest absolute Gasteiger partial charge is 0.291 e. The number of rotatable bonds is 7. The molecule has 49 heavy (non-hydrogen) atoms. The van der Waals surface area contributed by atoms with Gasteiger partial charge in [-0.1, -0.05) is 60.8 Å². The molecule has 1 fully saturated rings. The number of nitrogens with zero attached hydrogens (tertiary/aromatic N) is 6. The molecule has 7 rings (SSSR count). The first-order valence-electron chi connectivity index (χ1n) is 17.3. The molecule has 0 unspecified atom stereocenters. The second-order valence-electron chi connectivity index (χ2n) is 13.8. The number of amides is 2. The molecule has 12 heteroatoms. The molecule has 4 heterocycles. The van der Waals surface area contributed by atoms with Crippen LogP contribution in [0, 0.1) is 5.92 Å². The lowest BCUT2D eigenvalue weighted by atomic mass is 9.83. The number of aromatic nitrogens is 4. The summed E-state index contributed by atoms with van der Waals surface area (Å²) in [7, 11) is 5.83. The Bertz CT molecular complexity index is 1910. The van der Waals surface area contributed by atoms with Crippen LogP contribution in [-0.2, 0) is 40.0 Å². The predicted molar refractivity (Wildman–Crippen MR) is 194 cm³/mol. The molecule has 0 spiro atoms. The van der Waals surface area contributed by atoms with Gasteiger partial charge in [0.2, 0.25) is 0 Å². The van der Waals surface area contributed by atoms with Crippen molar-refractivity contribution in [2.45, 2.75) is 71.0 Å². The second kappa shape index (κ2) is 13.9. The molecule has 1 saturated carbocycles. The number of benzene rings is 2. The number of anilines is 2. The minimum Gasteiger partial charge on any atom is -0.327 e. The number of nitrogens with one attached hydrogen (secondary N) is 2. The molecule has 2 aliphatic heterocycles. The van der Waals surface area contributed by atoms with Gasteiger partial charge >= 0.3 is 0 Å². The molecular formula is C37H44Cl2N8O2. The van der Waals surface area contributed by atoms with Crippen molar-refractivity contribution in [2.75, 3.05) is 30.8 Å². The summed E-state index contributed by atoms with van der Waals surface area (Å²) in [6.45, 7) is 5.69. The van der Waals surface area contributed by atoms with Crippen molar-refractivity contribution in [2.24, 2.45) is 20.0 Å². The van der Waals surface area contributed by atoms with E-state index in [4.69, 9.17) is 28.2 Å². The first-order valence-corrected chi connectivity index (χ1v) is 18.1. The Morgan fingerprint density at radius 1 is 0.755 bits per heavy atom. The van der Waals surface area contributed by atoms with Crippen molar-refractivity contribution in [1.82, 2.24) is 28.9 Å². The van der Waals surface area contributed by atoms with Gasteiger partial charge in [-0.3, -0.25) is 14.5 Å². The Balaban J connectivity index is 1.07. The third kappa shape index (κ3) is 6.52. The highest BCUT2D eigenvalue weighted by atomic mass is 35.5. The van der Waals surface area contributed by atoms with E-state index >= 15 is 0 Å². The average molecular weight is 704 g/mol. The van der Waals surface area contributed by atoms with Gasteiger partial charge in [-0.25, -0.2) is 9.97 Å². The number of hydrogen-bond acceptors (Lipinski definition) is 6. The molecule has 258 valence electrons. The van der Waals surface area contributed by atoms with E-state index < -0.39 is 0 Å². The number of carbonyl (C=O) groups is 2. The van der Waals surface area contributed by atoms with Crippen LogP contribution < -0.4 is 10.6 Å². The summed E-state index contributed by atoms with van der Waals surface area (Å²) in [6.07, 6.45) is 8.07. The second-order valence-corrected chi connectivity index (χ2v) is 14.6. The zero-order chi connectivity index (χ0) is 34.4. The van der Waals surface area contributed by atoms with E-state index in [0.717, 1.165) is 61.2 Å². The largest absolute Gasteiger partial charge is 0.327 e. The number of imidazole rings is 2. The first kappa shape index (κ1) is 33.8. The van der Waals surface area contributed by atoms with Crippen molar-refractivity contribution < 1.29 is 9.59 Å². The van der Waals surface area contributed by atoms with Crippen molar-refractivity contribution >= 4 is 46.4 Å². The fourth-order valence-corrected chi connectivity index (χ4v) is 8.42. The Hall–Kier alpha value is -3.70. The molecule has 0 radical (unpaired) electrons. The molecule has 0 atom stereocenters. The van der Waals surface area contributed by atoms with Crippen LogP contribution in [0.2, 0.25) is 10.0 Å². The number of fused-ring (bicyclic) bond motifs is 2. The maximum atomic E-state index is 13.6. The van der Waals surface area contributed by atoms with E-state index in [0.29, 0.717) is 56.8 Å². The van der Waals surface area contributed by atoms with Crippen LogP contribution in [0.3, 0.4) is 0 Å². The highest BCUT2D eigenvalue weighted by Gasteiger charge is 2.31. The molecule has 1 aliphatic carbocycles. The van der Waals surface area contributed by atoms with E-state index in [1.165, 1.54) is 32.1 Å². The van der Waals surface area contributed by atoms with Crippen molar-refractivity contribution in [3.8, 4) is 11.1 Å². The van der Waals surface area contributed by atoms with Crippen LogP contribution in [0.25, 0.3) is 11.1 Å². The minimum absolute atomic E-state index is 0.318. The van der Waals surface area contributed by atoms with E-state index in [9.17, 15) is 9.59 Å². The number of halogens is 2. The Labute approximate surface area is 297 Å². The van der Waals surface area contributed by atoms with Crippen LogP contribution in [0.1, 0.15) is 83.0 Å². The highest BCUT2D eigenvalue weighted by molar-refractivity contribution is 6.40. The fourth-order valence-electron chi connectivity index (χ4n) is 7.87. The van der Waals surface area contributed by atoms with Crippen molar-refractivity contribution in [3.63, 3.8) is 0 Å². The summed E-state index contributed by atoms with van der Waals surface area (Å²) in [4.78, 5) is 41.3. The van der Waals surface area contributed by atoms with E-state index in [1.807, 2.05) is 54.5 Å². The van der Waals surface area contributed by atoms with Gasteiger partial charge in [0.25, 0.3) is 11.8 Å². The third-order valence-corrected chi connectivity index (χ3v) is 11.6. The summed E-state index contributed by atoms with van der Waals surface area (Å²) < 4.78 is 3.79. The summed E-state index contributed by atoms with van der Waals surface area (Å²) >= 11 is 13.9. The number of carbonyl (C=O) groups excluding carboxylic acids is 2. The SMILES string of the molecule is CCC1CCC(N2CCc3c(nc(C(=O)Nc4cccc(-c5cccc(NC(=O)c6nc7c(n6C)CCN(C)C7)c5Cl)c4Cl)n3C)C2)CC1. The van der Waals surface area contributed by atoms with E-state index in [1.54, 1.807) is 12.1 Å². The number of likely N-dealkylation sites (N-methyl/N-ethyl adjacent to an activating group) is 1. The van der Waals surface area contributed by atoms with Crippen LogP contribution in [0.15, 0.2) is 36.4 Å². The molecule has 2 N–H and O–H groups in total. The summed E-state index contributed by atoms with van der Waals surface area (Å²) in [5.41, 5.74) is 6.25. The van der Waals surface area contributed by atoms with Crippen molar-refractivity contribution in [3.05, 3.63) is 80.9 Å². The van der Waals surface area contributed by atoms with Gasteiger partial charge in [0.1, 0.15) is 0 Å². The lowest BCUT2D eigenvalue weighted by molar-refractivity contribution is 0.100. The van der Waals surface area contributed by atoms with E-state index in [2.05, 4.69) is 32.3 Å². The Kier molecular flexibility index (Phi) is 9.58. The third-order valence-electron chi connectivity index (χ3n) is 10.8. The van der Waals surface area contributed by atoms with Gasteiger partial charge in [0, 0.05) is 81.7 Å². The van der Waals surface area contributed by atoms with Gasteiger partial charge < -0.3 is 24.7 Å². The minimum atomic E-state index is -0.338. The molecule has 3 aliphatic rings. The normalized spacial score (nSPS) is 19.7. The topological polar surface area (TPSA) is 100 Å². The maximum Gasteiger partial charge on any atom is 0.291 e. The highest BCUT2D eigenvalue weighted by Crippen LogP contribution is 2.40. The summed E-state index contributed by atoms with van der Waals surface area (Å²) in [5, 5.41) is 6.63.